The number of hydrogen-bond donors (Lipinski definition) is 1. The summed E-state index contributed by atoms with van der Waals surface area (Å²) in [5, 5.41) is 9.45. The van der Waals surface area contributed by atoms with Crippen LogP contribution >= 0.6 is 11.8 Å². The van der Waals surface area contributed by atoms with Gasteiger partial charge in [0.1, 0.15) is 0 Å². The van der Waals surface area contributed by atoms with Crippen molar-refractivity contribution in [2.24, 2.45) is 5.92 Å². The Morgan fingerprint density at radius 2 is 2.14 bits per heavy atom. The molecule has 0 spiro atoms. The lowest BCUT2D eigenvalue weighted by Crippen LogP contribution is -2.32. The fourth-order valence-corrected chi connectivity index (χ4v) is 2.66. The Hall–Kier alpha value is -0.160. The van der Waals surface area contributed by atoms with Crippen molar-refractivity contribution in [2.75, 3.05) is 11.5 Å². The second-order valence-corrected chi connectivity index (χ2v) is 4.59. The third kappa shape index (κ3) is 2.92. The number of thioether (sulfide) groups is 1. The van der Waals surface area contributed by atoms with Crippen LogP contribution in [0.3, 0.4) is 0 Å². The highest BCUT2D eigenvalue weighted by Gasteiger charge is 2.39. The lowest BCUT2D eigenvalue weighted by molar-refractivity contribution is -0.108. The topological polar surface area (TPSA) is 20.2 Å². The summed E-state index contributed by atoms with van der Waals surface area (Å²) >= 11 is 1.59. The van der Waals surface area contributed by atoms with Gasteiger partial charge >= 0.3 is 6.18 Å². The van der Waals surface area contributed by atoms with E-state index in [0.29, 0.717) is 12.2 Å². The number of aliphatic hydroxyl groups is 1. The number of rotatable bonds is 2. The highest BCUT2D eigenvalue weighted by atomic mass is 32.2. The third-order valence-electron chi connectivity index (χ3n) is 2.36. The summed E-state index contributed by atoms with van der Waals surface area (Å²) in [6.45, 7) is 2.92. The van der Waals surface area contributed by atoms with Crippen LogP contribution in [0.25, 0.3) is 0 Å². The van der Waals surface area contributed by atoms with Crippen LogP contribution in [-0.2, 0) is 0 Å². The Morgan fingerprint density at radius 1 is 1.50 bits per heavy atom. The molecule has 0 aromatic heterocycles. The highest BCUT2D eigenvalue weighted by molar-refractivity contribution is 7.99. The van der Waals surface area contributed by atoms with Gasteiger partial charge in [-0.15, -0.1) is 0 Å². The fraction of sp³-hybridized carbons (Fsp3) is 0.778. The van der Waals surface area contributed by atoms with Gasteiger partial charge in [-0.3, -0.25) is 0 Å². The van der Waals surface area contributed by atoms with Crippen LogP contribution in [0.2, 0.25) is 0 Å². The van der Waals surface area contributed by atoms with Crippen molar-refractivity contribution in [2.45, 2.75) is 25.1 Å². The highest BCUT2D eigenvalue weighted by Crippen LogP contribution is 2.34. The van der Waals surface area contributed by atoms with E-state index in [2.05, 4.69) is 6.58 Å². The summed E-state index contributed by atoms with van der Waals surface area (Å²) in [5.74, 6) is 1.28. The van der Waals surface area contributed by atoms with Crippen LogP contribution in [-0.4, -0.2) is 28.9 Å². The molecule has 0 bridgehead atoms. The summed E-state index contributed by atoms with van der Waals surface area (Å²) in [7, 11) is 0. The van der Waals surface area contributed by atoms with E-state index in [4.69, 9.17) is 0 Å². The maximum Gasteiger partial charge on any atom is 0.414 e. The molecule has 1 saturated heterocycles. The first-order valence-electron chi connectivity index (χ1n) is 4.44. The molecule has 1 aliphatic heterocycles. The Morgan fingerprint density at radius 3 is 2.57 bits per heavy atom. The molecule has 0 saturated carbocycles. The summed E-state index contributed by atoms with van der Waals surface area (Å²) < 4.78 is 36.6. The minimum absolute atomic E-state index is 0.289. The zero-order chi connectivity index (χ0) is 10.8. The Balaban J connectivity index is 2.55. The number of hydrogen-bond acceptors (Lipinski definition) is 2. The predicted molar refractivity (Wildman–Crippen MR) is 51.3 cm³/mol. The third-order valence-corrected chi connectivity index (χ3v) is 3.60. The number of halogens is 3. The van der Waals surface area contributed by atoms with Gasteiger partial charge in [-0.2, -0.15) is 24.9 Å². The molecule has 1 rings (SSSR count). The average molecular weight is 226 g/mol. The molecule has 5 heteroatoms. The van der Waals surface area contributed by atoms with E-state index in [0.717, 1.165) is 12.2 Å². The second kappa shape index (κ2) is 4.57. The van der Waals surface area contributed by atoms with E-state index >= 15 is 0 Å². The predicted octanol–water partition coefficient (Wildman–Crippen LogP) is 2.61. The molecule has 1 fully saturated rings. The maximum atomic E-state index is 12.2. The molecule has 1 aliphatic rings. The van der Waals surface area contributed by atoms with Gasteiger partial charge in [-0.1, -0.05) is 6.58 Å². The lowest BCUT2D eigenvalue weighted by Gasteiger charge is -2.28. The summed E-state index contributed by atoms with van der Waals surface area (Å²) in [5.41, 5.74) is -1.01. The first-order chi connectivity index (χ1) is 6.43. The van der Waals surface area contributed by atoms with E-state index in [-0.39, 0.29) is 5.92 Å². The van der Waals surface area contributed by atoms with Gasteiger partial charge in [-0.05, 0) is 30.3 Å². The van der Waals surface area contributed by atoms with E-state index in [9.17, 15) is 18.3 Å². The average Bonchev–Trinajstić information content (AvgIpc) is 2.15. The van der Waals surface area contributed by atoms with Gasteiger partial charge < -0.3 is 5.11 Å². The summed E-state index contributed by atoms with van der Waals surface area (Å²) in [4.78, 5) is 0. The van der Waals surface area contributed by atoms with E-state index in [1.807, 2.05) is 0 Å². The molecular formula is C9H13F3OS. The molecule has 0 aromatic rings. The van der Waals surface area contributed by atoms with Gasteiger partial charge in [0.15, 0.2) is 0 Å². The van der Waals surface area contributed by atoms with Crippen molar-refractivity contribution in [3.8, 4) is 0 Å². The molecule has 82 valence electrons. The van der Waals surface area contributed by atoms with Crippen molar-refractivity contribution >= 4 is 11.8 Å². The number of aliphatic hydroxyl groups excluding tert-OH is 1. The Bertz CT molecular complexity index is 209. The Labute approximate surface area is 85.4 Å². The monoisotopic (exact) mass is 226 g/mol. The quantitative estimate of drug-likeness (QED) is 0.730. The molecule has 2 atom stereocenters. The van der Waals surface area contributed by atoms with Crippen LogP contribution in [0.15, 0.2) is 12.2 Å². The van der Waals surface area contributed by atoms with Gasteiger partial charge in [-0.25, -0.2) is 0 Å². The largest absolute Gasteiger partial charge is 0.414 e. The number of alkyl halides is 3. The molecule has 0 aromatic carbocycles. The SMILES string of the molecule is C=C(C(O)C1CCCSC1)C(F)(F)F. The first kappa shape index (κ1) is 11.9. The van der Waals surface area contributed by atoms with Crippen molar-refractivity contribution in [1.82, 2.24) is 0 Å². The van der Waals surface area contributed by atoms with Crippen molar-refractivity contribution < 1.29 is 18.3 Å². The van der Waals surface area contributed by atoms with Crippen LogP contribution in [0.1, 0.15) is 12.8 Å². The minimum atomic E-state index is -4.47. The van der Waals surface area contributed by atoms with Gasteiger partial charge in [0.05, 0.1) is 11.7 Å². The molecule has 0 aliphatic carbocycles. The smallest absolute Gasteiger partial charge is 0.388 e. The van der Waals surface area contributed by atoms with E-state index in [1.165, 1.54) is 0 Å². The van der Waals surface area contributed by atoms with Gasteiger partial charge in [0.25, 0.3) is 0 Å². The van der Waals surface area contributed by atoms with E-state index < -0.39 is 17.9 Å². The molecule has 0 radical (unpaired) electrons. The minimum Gasteiger partial charge on any atom is -0.388 e. The normalized spacial score (nSPS) is 25.9. The summed E-state index contributed by atoms with van der Waals surface area (Å²) in [6, 6.07) is 0. The van der Waals surface area contributed by atoms with Crippen molar-refractivity contribution in [3.05, 3.63) is 12.2 Å². The molecule has 2 unspecified atom stereocenters. The van der Waals surface area contributed by atoms with Crippen LogP contribution in [0.5, 0.6) is 0 Å². The molecule has 14 heavy (non-hydrogen) atoms. The van der Waals surface area contributed by atoms with Crippen LogP contribution in [0, 0.1) is 5.92 Å². The van der Waals surface area contributed by atoms with Gasteiger partial charge in [0.2, 0.25) is 0 Å². The van der Waals surface area contributed by atoms with Crippen molar-refractivity contribution in [1.29, 1.82) is 0 Å². The lowest BCUT2D eigenvalue weighted by atomic mass is 9.93. The molecule has 1 heterocycles. The standard InChI is InChI=1S/C9H13F3OS/c1-6(9(10,11)12)8(13)7-3-2-4-14-5-7/h7-8,13H,1-5H2. The van der Waals surface area contributed by atoms with Crippen LogP contribution in [0.4, 0.5) is 13.2 Å². The maximum absolute atomic E-state index is 12.2. The first-order valence-corrected chi connectivity index (χ1v) is 5.60. The molecule has 1 N–H and O–H groups in total. The zero-order valence-corrected chi connectivity index (χ0v) is 8.50. The molecular weight excluding hydrogens is 213 g/mol. The van der Waals surface area contributed by atoms with E-state index in [1.54, 1.807) is 11.8 Å². The molecule has 1 nitrogen and oxygen atoms in total. The van der Waals surface area contributed by atoms with Gasteiger partial charge in [0, 0.05) is 0 Å². The fourth-order valence-electron chi connectivity index (χ4n) is 1.47. The molecule has 0 amide bonds. The summed E-state index contributed by atoms with van der Waals surface area (Å²) in [6.07, 6.45) is -4.37. The van der Waals surface area contributed by atoms with Crippen molar-refractivity contribution in [3.63, 3.8) is 0 Å². The van der Waals surface area contributed by atoms with Crippen LogP contribution < -0.4 is 0 Å². The zero-order valence-electron chi connectivity index (χ0n) is 7.68. The second-order valence-electron chi connectivity index (χ2n) is 3.45. The Kier molecular flexibility index (Phi) is 3.89.